The molecule has 0 aliphatic carbocycles. The van der Waals surface area contributed by atoms with E-state index in [4.69, 9.17) is 0 Å². The largest absolute Gasteiger partial charge is 0 e. The van der Waals surface area contributed by atoms with Crippen LogP contribution in [0.4, 0.5) is 0 Å². The van der Waals surface area contributed by atoms with Gasteiger partial charge in [0.15, 0.2) is 0 Å². The molecule has 0 saturated heterocycles. The molecule has 0 aromatic heterocycles. The molecule has 0 aliphatic rings. The van der Waals surface area contributed by atoms with E-state index in [1.165, 1.54) is 0 Å². The second-order valence-electron chi connectivity index (χ2n) is 0. The molecule has 0 unspecified atom stereocenters. The molecule has 0 saturated carbocycles. The van der Waals surface area contributed by atoms with Crippen LogP contribution >= 0.6 is 37.2 Å². The standard InChI is InChI=1S/3ClH.K.Na.Sc.2H/h3*1H;;;;;. The first kappa shape index (κ1) is 47.6. The molecule has 31 valence electrons. The van der Waals surface area contributed by atoms with Crippen LogP contribution in [0.1, 0.15) is 0 Å². The van der Waals surface area contributed by atoms with E-state index >= 15 is 0 Å². The van der Waals surface area contributed by atoms with Crippen molar-refractivity contribution >= 4 is 118 Å². The van der Waals surface area contributed by atoms with Gasteiger partial charge in [-0.2, -0.15) is 0 Å². The van der Waals surface area contributed by atoms with E-state index < -0.39 is 0 Å². The average molecular weight is 218 g/mol. The van der Waals surface area contributed by atoms with Crippen LogP contribution in [-0.4, -0.2) is 80.9 Å². The third-order valence-electron chi connectivity index (χ3n) is 0. The van der Waals surface area contributed by atoms with Crippen LogP contribution in [0.5, 0.6) is 0 Å². The van der Waals surface area contributed by atoms with Gasteiger partial charge in [-0.25, -0.2) is 0 Å². The van der Waals surface area contributed by atoms with Gasteiger partial charge < -0.3 is 0 Å². The molecule has 0 heterocycles. The van der Waals surface area contributed by atoms with Gasteiger partial charge in [-0.3, -0.25) is 0 Å². The van der Waals surface area contributed by atoms with Crippen molar-refractivity contribution in [3.63, 3.8) is 0 Å². The Morgan fingerprint density at radius 2 is 0.667 bits per heavy atom. The first-order chi connectivity index (χ1) is 0. The number of halogens is 3. The van der Waals surface area contributed by atoms with Crippen LogP contribution < -0.4 is 0 Å². The first-order valence-electron chi connectivity index (χ1n) is 0. The Kier molecular flexibility index (Phi) is 273. The van der Waals surface area contributed by atoms with Gasteiger partial charge in [0.25, 0.3) is 0 Å². The van der Waals surface area contributed by atoms with Crippen molar-refractivity contribution in [1.82, 2.24) is 0 Å². The third kappa shape index (κ3) is 23.8. The van der Waals surface area contributed by atoms with Crippen molar-refractivity contribution in [2.45, 2.75) is 0 Å². The predicted octanol–water partition coefficient (Wildman–Crippen LogP) is -0.0341. The first-order valence-corrected chi connectivity index (χ1v) is 0. The fraction of sp³-hybridized carbons (Fsp3) is 0. The van der Waals surface area contributed by atoms with Crippen molar-refractivity contribution in [2.24, 2.45) is 0 Å². The van der Waals surface area contributed by atoms with Crippen LogP contribution in [0.3, 0.4) is 0 Å². The molecular formula is H5Cl3KNaSc. The molecule has 0 amide bonds. The minimum absolute atomic E-state index is 0. The number of hydrogen-bond donors (Lipinski definition) is 0. The topological polar surface area (TPSA) is 0 Å². The zero-order valence-electron chi connectivity index (χ0n) is 1.80. The van der Waals surface area contributed by atoms with E-state index in [2.05, 4.69) is 0 Å². The van der Waals surface area contributed by atoms with Crippen LogP contribution in [0, 0.1) is 0 Å². The summed E-state index contributed by atoms with van der Waals surface area (Å²) in [4.78, 5) is 0. The predicted molar refractivity (Wildman–Crippen MR) is 36.0 cm³/mol. The summed E-state index contributed by atoms with van der Waals surface area (Å²) in [7, 11) is 0. The summed E-state index contributed by atoms with van der Waals surface area (Å²) in [5, 5.41) is 0. The zero-order valence-corrected chi connectivity index (χ0v) is 6.05. The van der Waals surface area contributed by atoms with Gasteiger partial charge in [0.2, 0.25) is 0 Å². The maximum atomic E-state index is 0. The summed E-state index contributed by atoms with van der Waals surface area (Å²) in [6.07, 6.45) is 0. The molecule has 0 rings (SSSR count). The van der Waals surface area contributed by atoms with Crippen molar-refractivity contribution < 1.29 is 25.8 Å². The molecule has 0 aromatic rings. The van der Waals surface area contributed by atoms with E-state index in [-0.39, 0.29) is 144 Å². The van der Waals surface area contributed by atoms with Gasteiger partial charge in [0.05, 0.1) is 0 Å². The third-order valence-corrected chi connectivity index (χ3v) is 0. The summed E-state index contributed by atoms with van der Waals surface area (Å²) in [5.74, 6) is 0. The zero-order chi connectivity index (χ0) is 0. The summed E-state index contributed by atoms with van der Waals surface area (Å²) in [5.41, 5.74) is 0. The van der Waals surface area contributed by atoms with Gasteiger partial charge in [-0.15, -0.1) is 37.2 Å². The maximum Gasteiger partial charge on any atom is 0 e. The quantitative estimate of drug-likeness (QED) is 0.501. The average Bonchev–Trinajstić information content (AvgIpc) is 0. The van der Waals surface area contributed by atoms with E-state index in [1.54, 1.807) is 0 Å². The Labute approximate surface area is 140 Å². The minimum atomic E-state index is 0. The number of rotatable bonds is 0. The Morgan fingerprint density at radius 1 is 0.667 bits per heavy atom. The summed E-state index contributed by atoms with van der Waals surface area (Å²) < 4.78 is 0. The maximum absolute atomic E-state index is 0. The molecule has 1 radical (unpaired) electrons. The van der Waals surface area contributed by atoms with E-state index in [0.29, 0.717) is 0 Å². The van der Waals surface area contributed by atoms with E-state index in [0.717, 1.165) is 0 Å². The molecule has 0 fully saturated rings. The molecule has 0 bridgehead atoms. The van der Waals surface area contributed by atoms with Gasteiger partial charge >= 0.3 is 80.9 Å². The van der Waals surface area contributed by atoms with Crippen LogP contribution in [0.2, 0.25) is 0 Å². The van der Waals surface area contributed by atoms with Crippen molar-refractivity contribution in [2.75, 3.05) is 0 Å². The minimum Gasteiger partial charge on any atom is 0 e. The molecular weight excluding hydrogens is 213 g/mol. The summed E-state index contributed by atoms with van der Waals surface area (Å²) >= 11 is 0. The van der Waals surface area contributed by atoms with Gasteiger partial charge in [0.1, 0.15) is 0 Å². The van der Waals surface area contributed by atoms with Crippen LogP contribution in [0.15, 0.2) is 0 Å². The molecule has 6 heteroatoms. The van der Waals surface area contributed by atoms with Crippen molar-refractivity contribution in [3.8, 4) is 0 Å². The summed E-state index contributed by atoms with van der Waals surface area (Å²) in [6, 6.07) is 0. The van der Waals surface area contributed by atoms with Crippen LogP contribution in [-0.2, 0) is 25.8 Å². The molecule has 0 aliphatic heterocycles. The van der Waals surface area contributed by atoms with Gasteiger partial charge in [-0.05, 0) is 0 Å². The molecule has 0 aromatic carbocycles. The molecule has 0 nitrogen and oxygen atoms in total. The van der Waals surface area contributed by atoms with E-state index in [1.807, 2.05) is 0 Å². The second kappa shape index (κ2) is 34.3. The number of hydrogen-bond acceptors (Lipinski definition) is 0. The summed E-state index contributed by atoms with van der Waals surface area (Å²) in [6.45, 7) is 0. The van der Waals surface area contributed by atoms with Gasteiger partial charge in [0, 0.05) is 25.8 Å². The SMILES string of the molecule is Cl.Cl.Cl.[KH].[NaH].[Sc]. The monoisotopic (exact) mass is 217 g/mol. The second-order valence-corrected chi connectivity index (χ2v) is 0. The normalized spacial score (nSPS) is 0. The van der Waals surface area contributed by atoms with Gasteiger partial charge in [-0.1, -0.05) is 0 Å². The van der Waals surface area contributed by atoms with Crippen LogP contribution in [0.25, 0.3) is 0 Å². The molecule has 0 atom stereocenters. The fourth-order valence-corrected chi connectivity index (χ4v) is 0. The Balaban J connectivity index is 0. The Hall–Kier alpha value is 4.38. The van der Waals surface area contributed by atoms with Crippen molar-refractivity contribution in [1.29, 1.82) is 0 Å². The van der Waals surface area contributed by atoms with Crippen molar-refractivity contribution in [3.05, 3.63) is 0 Å². The smallest absolute Gasteiger partial charge is 0 e. The van der Waals surface area contributed by atoms with E-state index in [9.17, 15) is 0 Å². The Morgan fingerprint density at radius 3 is 0.667 bits per heavy atom. The molecule has 6 heavy (non-hydrogen) atoms. The fourth-order valence-electron chi connectivity index (χ4n) is 0. The molecule has 0 N–H and O–H groups in total. The Bertz CT molecular complexity index is 10.8. The molecule has 0 spiro atoms.